The standard InChI is InChI=1S/C11H12O.2C2H6.CH4/c1-8(12)10-7-6-9-4-2-3-5-11(9)10;2*1-2;/h2-5,7-8,12H,6H2,1H3;2*1-2H3;1H4. The van der Waals surface area contributed by atoms with E-state index in [0.717, 1.165) is 12.0 Å². The molecular formula is C16H28O. The zero-order chi connectivity index (χ0) is 12.6. The van der Waals surface area contributed by atoms with Crippen molar-refractivity contribution in [2.45, 2.75) is 54.6 Å². The number of allylic oxidation sites excluding steroid dienone is 1. The number of benzene rings is 1. The van der Waals surface area contributed by atoms with E-state index in [1.807, 2.05) is 46.8 Å². The lowest BCUT2D eigenvalue weighted by atomic mass is 10.0. The van der Waals surface area contributed by atoms with E-state index < -0.39 is 0 Å². The third-order valence-electron chi connectivity index (χ3n) is 2.32. The Kier molecular flexibility index (Phi) is 10.9. The molecular weight excluding hydrogens is 208 g/mol. The molecule has 0 aromatic heterocycles. The second kappa shape index (κ2) is 10.1. The first kappa shape index (κ1) is 18.3. The Labute approximate surface area is 107 Å². The van der Waals surface area contributed by atoms with Gasteiger partial charge in [-0.05, 0) is 30.0 Å². The Bertz CT molecular complexity index is 324. The van der Waals surface area contributed by atoms with Crippen LogP contribution >= 0.6 is 0 Å². The Morgan fingerprint density at radius 2 is 1.59 bits per heavy atom. The summed E-state index contributed by atoms with van der Waals surface area (Å²) in [6.45, 7) is 9.81. The first-order valence-corrected chi connectivity index (χ1v) is 6.25. The third kappa shape index (κ3) is 4.74. The van der Waals surface area contributed by atoms with Gasteiger partial charge < -0.3 is 5.11 Å². The smallest absolute Gasteiger partial charge is 0.0764 e. The Hall–Kier alpha value is -1.08. The van der Waals surface area contributed by atoms with Crippen LogP contribution in [0.1, 0.15) is 53.2 Å². The van der Waals surface area contributed by atoms with Gasteiger partial charge in [0.05, 0.1) is 6.10 Å². The maximum Gasteiger partial charge on any atom is 0.0764 e. The highest BCUT2D eigenvalue weighted by Gasteiger charge is 2.15. The van der Waals surface area contributed by atoms with E-state index in [1.165, 1.54) is 11.1 Å². The van der Waals surface area contributed by atoms with E-state index in [1.54, 1.807) is 0 Å². The van der Waals surface area contributed by atoms with Gasteiger partial charge in [-0.1, -0.05) is 65.5 Å². The zero-order valence-corrected chi connectivity index (χ0v) is 11.1. The van der Waals surface area contributed by atoms with Crippen LogP contribution in [0.5, 0.6) is 0 Å². The van der Waals surface area contributed by atoms with Gasteiger partial charge in [-0.25, -0.2) is 0 Å². The molecule has 0 radical (unpaired) electrons. The van der Waals surface area contributed by atoms with Crippen molar-refractivity contribution in [3.8, 4) is 0 Å². The molecule has 1 aromatic carbocycles. The topological polar surface area (TPSA) is 20.2 Å². The van der Waals surface area contributed by atoms with Crippen molar-refractivity contribution in [1.29, 1.82) is 0 Å². The molecule has 0 amide bonds. The van der Waals surface area contributed by atoms with Crippen molar-refractivity contribution < 1.29 is 5.11 Å². The highest BCUT2D eigenvalue weighted by Crippen LogP contribution is 2.29. The summed E-state index contributed by atoms with van der Waals surface area (Å²) >= 11 is 0. The first-order chi connectivity index (χ1) is 7.79. The van der Waals surface area contributed by atoms with E-state index in [4.69, 9.17) is 0 Å². The van der Waals surface area contributed by atoms with Crippen molar-refractivity contribution in [3.05, 3.63) is 41.5 Å². The molecule has 0 saturated carbocycles. The Morgan fingerprint density at radius 3 is 2.12 bits per heavy atom. The molecule has 0 heterocycles. The fourth-order valence-corrected chi connectivity index (χ4v) is 1.71. The van der Waals surface area contributed by atoms with Crippen molar-refractivity contribution in [2.24, 2.45) is 0 Å². The van der Waals surface area contributed by atoms with Crippen LogP contribution in [0.3, 0.4) is 0 Å². The molecule has 1 nitrogen and oxygen atoms in total. The maximum absolute atomic E-state index is 9.43. The van der Waals surface area contributed by atoms with Crippen LogP contribution in [-0.2, 0) is 6.42 Å². The summed E-state index contributed by atoms with van der Waals surface area (Å²) < 4.78 is 0. The molecule has 1 atom stereocenters. The van der Waals surface area contributed by atoms with Crippen LogP contribution in [0.2, 0.25) is 0 Å². The molecule has 1 aliphatic rings. The molecule has 1 heteroatoms. The molecule has 1 unspecified atom stereocenters. The van der Waals surface area contributed by atoms with Gasteiger partial charge >= 0.3 is 0 Å². The average molecular weight is 236 g/mol. The van der Waals surface area contributed by atoms with E-state index in [0.29, 0.717) is 0 Å². The number of rotatable bonds is 1. The van der Waals surface area contributed by atoms with Crippen LogP contribution in [0.15, 0.2) is 30.3 Å². The summed E-state index contributed by atoms with van der Waals surface area (Å²) in [5.74, 6) is 0. The lowest BCUT2D eigenvalue weighted by molar-refractivity contribution is 0.253. The minimum absolute atomic E-state index is 0. The third-order valence-corrected chi connectivity index (χ3v) is 2.32. The fourth-order valence-electron chi connectivity index (χ4n) is 1.71. The molecule has 0 spiro atoms. The summed E-state index contributed by atoms with van der Waals surface area (Å²) in [5, 5.41) is 9.43. The number of aliphatic hydroxyl groups is 1. The van der Waals surface area contributed by atoms with Gasteiger partial charge in [0, 0.05) is 0 Å². The first-order valence-electron chi connectivity index (χ1n) is 6.25. The number of hydrogen-bond acceptors (Lipinski definition) is 1. The predicted octanol–water partition coefficient (Wildman–Crippen LogP) is 4.70. The van der Waals surface area contributed by atoms with Gasteiger partial charge in [-0.15, -0.1) is 0 Å². The highest BCUT2D eigenvalue weighted by atomic mass is 16.3. The molecule has 1 aliphatic carbocycles. The number of aliphatic hydroxyl groups excluding tert-OH is 1. The summed E-state index contributed by atoms with van der Waals surface area (Å²) in [4.78, 5) is 0. The summed E-state index contributed by atoms with van der Waals surface area (Å²) in [5.41, 5.74) is 3.62. The van der Waals surface area contributed by atoms with Crippen LogP contribution in [0.25, 0.3) is 5.57 Å². The second-order valence-corrected chi connectivity index (χ2v) is 3.20. The molecule has 0 fully saturated rings. The highest BCUT2D eigenvalue weighted by molar-refractivity contribution is 5.75. The van der Waals surface area contributed by atoms with Crippen molar-refractivity contribution in [1.82, 2.24) is 0 Å². The van der Waals surface area contributed by atoms with Gasteiger partial charge in [0.25, 0.3) is 0 Å². The van der Waals surface area contributed by atoms with Crippen molar-refractivity contribution in [2.75, 3.05) is 0 Å². The quantitative estimate of drug-likeness (QED) is 0.749. The van der Waals surface area contributed by atoms with Gasteiger partial charge in [-0.3, -0.25) is 0 Å². The molecule has 1 aromatic rings. The van der Waals surface area contributed by atoms with Crippen molar-refractivity contribution >= 4 is 5.57 Å². The lowest BCUT2D eigenvalue weighted by Gasteiger charge is -2.07. The van der Waals surface area contributed by atoms with E-state index in [-0.39, 0.29) is 13.5 Å². The monoisotopic (exact) mass is 236 g/mol. The minimum Gasteiger partial charge on any atom is -0.389 e. The SMILES string of the molecule is C.CC.CC.CC(O)C1=CCc2ccccc21. The molecule has 0 aliphatic heterocycles. The summed E-state index contributed by atoms with van der Waals surface area (Å²) in [6.07, 6.45) is 2.74. The zero-order valence-electron chi connectivity index (χ0n) is 11.1. The van der Waals surface area contributed by atoms with E-state index in [9.17, 15) is 5.11 Å². The van der Waals surface area contributed by atoms with Gasteiger partial charge in [0.1, 0.15) is 0 Å². The van der Waals surface area contributed by atoms with Gasteiger partial charge in [0.15, 0.2) is 0 Å². The van der Waals surface area contributed by atoms with E-state index >= 15 is 0 Å². The van der Waals surface area contributed by atoms with Crippen molar-refractivity contribution in [3.63, 3.8) is 0 Å². The van der Waals surface area contributed by atoms with Crippen LogP contribution in [0, 0.1) is 0 Å². The fraction of sp³-hybridized carbons (Fsp3) is 0.500. The van der Waals surface area contributed by atoms with Crippen LogP contribution < -0.4 is 0 Å². The summed E-state index contributed by atoms with van der Waals surface area (Å²) in [7, 11) is 0. The number of fused-ring (bicyclic) bond motifs is 1. The summed E-state index contributed by atoms with van der Waals surface area (Å²) in [6, 6.07) is 8.24. The largest absolute Gasteiger partial charge is 0.389 e. The Balaban J connectivity index is 0. The van der Waals surface area contributed by atoms with Crippen LogP contribution in [-0.4, -0.2) is 11.2 Å². The normalized spacial score (nSPS) is 12.7. The maximum atomic E-state index is 9.43. The van der Waals surface area contributed by atoms with Crippen LogP contribution in [0.4, 0.5) is 0 Å². The van der Waals surface area contributed by atoms with E-state index in [2.05, 4.69) is 18.2 Å². The molecule has 98 valence electrons. The minimum atomic E-state index is -0.339. The second-order valence-electron chi connectivity index (χ2n) is 3.20. The average Bonchev–Trinajstić information content (AvgIpc) is 2.78. The van der Waals surface area contributed by atoms with Gasteiger partial charge in [-0.2, -0.15) is 0 Å². The van der Waals surface area contributed by atoms with Gasteiger partial charge in [0.2, 0.25) is 0 Å². The predicted molar refractivity (Wildman–Crippen MR) is 79.2 cm³/mol. The molecule has 0 saturated heterocycles. The molecule has 1 N–H and O–H groups in total. The Morgan fingerprint density at radius 1 is 1.06 bits per heavy atom. The molecule has 2 rings (SSSR count). The lowest BCUT2D eigenvalue weighted by Crippen LogP contribution is -2.01. The molecule has 17 heavy (non-hydrogen) atoms. The molecule has 0 bridgehead atoms. The number of hydrogen-bond donors (Lipinski definition) is 1.